The first-order valence-corrected chi connectivity index (χ1v) is 12.3. The third kappa shape index (κ3) is 5.84. The normalized spacial score (nSPS) is 10.7. The quantitative estimate of drug-likeness (QED) is 0.226. The zero-order valence-corrected chi connectivity index (χ0v) is 21.6. The average molecular weight is 519 g/mol. The molecule has 1 aromatic heterocycles. The van der Waals surface area contributed by atoms with Gasteiger partial charge in [-0.3, -0.25) is 4.79 Å². The first kappa shape index (κ1) is 26.0. The molecule has 0 spiro atoms. The molecule has 4 aromatic rings. The number of ether oxygens (including phenoxy) is 2. The van der Waals surface area contributed by atoms with E-state index in [1.54, 1.807) is 45.0 Å². The maximum Gasteiger partial charge on any atom is 0.419 e. The van der Waals surface area contributed by atoms with Gasteiger partial charge >= 0.3 is 12.1 Å². The lowest BCUT2D eigenvalue weighted by molar-refractivity contribution is -0.142. The smallest absolute Gasteiger partial charge is 0.419 e. The molecule has 0 saturated heterocycles. The summed E-state index contributed by atoms with van der Waals surface area (Å²) in [6, 6.07) is 22.4. The van der Waals surface area contributed by atoms with Crippen LogP contribution >= 0.6 is 11.6 Å². The van der Waals surface area contributed by atoms with E-state index in [2.05, 4.69) is 5.16 Å². The molecule has 0 aliphatic rings. The fourth-order valence-corrected chi connectivity index (χ4v) is 4.25. The number of amides is 1. The van der Waals surface area contributed by atoms with Crippen molar-refractivity contribution in [2.24, 2.45) is 0 Å². The Kier molecular flexibility index (Phi) is 8.25. The molecule has 0 aliphatic heterocycles. The van der Waals surface area contributed by atoms with Crippen molar-refractivity contribution < 1.29 is 23.6 Å². The molecule has 0 atom stereocenters. The Morgan fingerprint density at radius 1 is 0.892 bits per heavy atom. The minimum atomic E-state index is -0.592. The molecule has 0 bridgehead atoms. The predicted molar refractivity (Wildman–Crippen MR) is 143 cm³/mol. The highest BCUT2D eigenvalue weighted by atomic mass is 35.5. The minimum Gasteiger partial charge on any atom is -0.466 e. The molecule has 8 heteroatoms. The number of carbonyl (C=O) groups excluding carboxylic acids is 2. The number of halogens is 1. The summed E-state index contributed by atoms with van der Waals surface area (Å²) in [7, 11) is 0. The van der Waals surface area contributed by atoms with E-state index >= 15 is 0 Å². The summed E-state index contributed by atoms with van der Waals surface area (Å²) < 4.78 is 16.2. The zero-order valence-electron chi connectivity index (χ0n) is 20.9. The van der Waals surface area contributed by atoms with Crippen molar-refractivity contribution in [2.75, 3.05) is 18.1 Å². The van der Waals surface area contributed by atoms with Crippen molar-refractivity contribution in [2.45, 2.75) is 27.2 Å². The summed E-state index contributed by atoms with van der Waals surface area (Å²) in [4.78, 5) is 26.5. The van der Waals surface area contributed by atoms with Crippen LogP contribution in [0.3, 0.4) is 0 Å². The van der Waals surface area contributed by atoms with E-state index < -0.39 is 6.09 Å². The van der Waals surface area contributed by atoms with Crippen molar-refractivity contribution in [1.82, 2.24) is 5.16 Å². The Labute approximate surface area is 220 Å². The Hall–Kier alpha value is -4.10. The van der Waals surface area contributed by atoms with Gasteiger partial charge in [0.2, 0.25) is 0 Å². The van der Waals surface area contributed by atoms with Gasteiger partial charge in [-0.05, 0) is 55.7 Å². The second-order valence-corrected chi connectivity index (χ2v) is 8.60. The molecule has 3 aromatic carbocycles. The number of aromatic nitrogens is 1. The van der Waals surface area contributed by atoms with Crippen LogP contribution in [0, 0.1) is 6.92 Å². The van der Waals surface area contributed by atoms with Gasteiger partial charge in [0.25, 0.3) is 0 Å². The first-order chi connectivity index (χ1) is 17.9. The number of anilines is 2. The van der Waals surface area contributed by atoms with Crippen molar-refractivity contribution >= 4 is 35.0 Å². The molecule has 4 rings (SSSR count). The molecule has 1 heterocycles. The summed E-state index contributed by atoms with van der Waals surface area (Å²) >= 11 is 6.47. The van der Waals surface area contributed by atoms with Gasteiger partial charge in [0.1, 0.15) is 11.4 Å². The van der Waals surface area contributed by atoms with E-state index in [1.807, 2.05) is 48.5 Å². The number of carbonyl (C=O) groups is 2. The highest BCUT2D eigenvalue weighted by Crippen LogP contribution is 2.41. The van der Waals surface area contributed by atoms with Crippen molar-refractivity contribution in [3.05, 3.63) is 89.1 Å². The number of para-hydroxylation sites is 1. The van der Waals surface area contributed by atoms with Crippen LogP contribution in [-0.4, -0.2) is 30.4 Å². The van der Waals surface area contributed by atoms with Crippen LogP contribution in [0.5, 0.6) is 0 Å². The summed E-state index contributed by atoms with van der Waals surface area (Å²) in [5.41, 5.74) is 4.80. The van der Waals surface area contributed by atoms with Crippen LogP contribution in [0.2, 0.25) is 5.02 Å². The number of aryl methyl sites for hydroxylation is 1. The molecule has 0 saturated carbocycles. The van der Waals surface area contributed by atoms with Gasteiger partial charge in [0.15, 0.2) is 5.76 Å². The number of rotatable bonds is 8. The Balaban J connectivity index is 1.76. The van der Waals surface area contributed by atoms with E-state index in [4.69, 9.17) is 25.6 Å². The Morgan fingerprint density at radius 3 is 2.30 bits per heavy atom. The number of esters is 1. The standard InChI is InChI=1S/C29H27ClN2O5/c1-4-35-26(33)17-20-10-8-11-21(16-20)22-12-9-13-23(18-22)28-27(19(3)31-37-28)32(29(34)36-5-2)25-15-7-6-14-24(25)30/h6-16,18H,4-5,17H2,1-3H3. The van der Waals surface area contributed by atoms with Crippen LogP contribution in [0.25, 0.3) is 22.5 Å². The van der Waals surface area contributed by atoms with Crippen molar-refractivity contribution in [3.63, 3.8) is 0 Å². The van der Waals surface area contributed by atoms with Gasteiger partial charge in [-0.25, -0.2) is 9.69 Å². The van der Waals surface area contributed by atoms with Crippen LogP contribution in [0.4, 0.5) is 16.2 Å². The van der Waals surface area contributed by atoms with Gasteiger partial charge in [-0.2, -0.15) is 0 Å². The average Bonchev–Trinajstić information content (AvgIpc) is 3.27. The van der Waals surface area contributed by atoms with E-state index in [1.165, 1.54) is 4.90 Å². The molecular formula is C29H27ClN2O5. The van der Waals surface area contributed by atoms with E-state index in [0.29, 0.717) is 40.0 Å². The summed E-state index contributed by atoms with van der Waals surface area (Å²) in [6.45, 7) is 5.82. The number of nitrogens with zero attached hydrogens (tertiary/aromatic N) is 2. The number of benzene rings is 3. The maximum absolute atomic E-state index is 13.1. The number of hydrogen-bond donors (Lipinski definition) is 0. The largest absolute Gasteiger partial charge is 0.466 e. The molecule has 0 unspecified atom stereocenters. The second kappa shape index (κ2) is 11.8. The molecule has 0 N–H and O–H groups in total. The highest BCUT2D eigenvalue weighted by molar-refractivity contribution is 6.34. The summed E-state index contributed by atoms with van der Waals surface area (Å²) in [6.07, 6.45) is -0.398. The second-order valence-electron chi connectivity index (χ2n) is 8.19. The number of hydrogen-bond acceptors (Lipinski definition) is 6. The SMILES string of the molecule is CCOC(=O)Cc1cccc(-c2cccc(-c3onc(C)c3N(C(=O)OCC)c3ccccc3Cl)c2)c1. The lowest BCUT2D eigenvalue weighted by Gasteiger charge is -2.23. The van der Waals surface area contributed by atoms with Crippen LogP contribution in [-0.2, 0) is 20.7 Å². The molecule has 0 radical (unpaired) electrons. The first-order valence-electron chi connectivity index (χ1n) is 12.0. The Morgan fingerprint density at radius 2 is 1.57 bits per heavy atom. The molecule has 7 nitrogen and oxygen atoms in total. The fourth-order valence-electron chi connectivity index (χ4n) is 4.03. The third-order valence-corrected chi connectivity index (χ3v) is 5.96. The Bertz CT molecular complexity index is 1410. The summed E-state index contributed by atoms with van der Waals surface area (Å²) in [5.74, 6) is 0.129. The molecule has 0 aliphatic carbocycles. The van der Waals surface area contributed by atoms with Gasteiger partial charge in [-0.15, -0.1) is 0 Å². The van der Waals surface area contributed by atoms with Gasteiger partial charge in [0.05, 0.1) is 30.3 Å². The van der Waals surface area contributed by atoms with Crippen LogP contribution in [0.1, 0.15) is 25.1 Å². The minimum absolute atomic E-state index is 0.192. The molecule has 190 valence electrons. The van der Waals surface area contributed by atoms with Crippen molar-refractivity contribution in [3.8, 4) is 22.5 Å². The molecular weight excluding hydrogens is 492 g/mol. The lowest BCUT2D eigenvalue weighted by Crippen LogP contribution is -2.27. The predicted octanol–water partition coefficient (Wildman–Crippen LogP) is 7.37. The van der Waals surface area contributed by atoms with Crippen LogP contribution < -0.4 is 4.90 Å². The molecule has 1 amide bonds. The van der Waals surface area contributed by atoms with E-state index in [0.717, 1.165) is 16.7 Å². The van der Waals surface area contributed by atoms with Crippen LogP contribution in [0.15, 0.2) is 77.3 Å². The zero-order chi connectivity index (χ0) is 26.4. The topological polar surface area (TPSA) is 81.9 Å². The fraction of sp³-hybridized carbons (Fsp3) is 0.207. The summed E-state index contributed by atoms with van der Waals surface area (Å²) in [5, 5.41) is 4.54. The van der Waals surface area contributed by atoms with Gasteiger partial charge in [0, 0.05) is 5.56 Å². The maximum atomic E-state index is 13.1. The third-order valence-electron chi connectivity index (χ3n) is 5.64. The molecule has 0 fully saturated rings. The lowest BCUT2D eigenvalue weighted by atomic mass is 9.99. The van der Waals surface area contributed by atoms with E-state index in [9.17, 15) is 9.59 Å². The van der Waals surface area contributed by atoms with Gasteiger partial charge < -0.3 is 14.0 Å². The monoisotopic (exact) mass is 518 g/mol. The van der Waals surface area contributed by atoms with E-state index in [-0.39, 0.29) is 19.0 Å². The highest BCUT2D eigenvalue weighted by Gasteiger charge is 2.30. The van der Waals surface area contributed by atoms with Gasteiger partial charge in [-0.1, -0.05) is 71.4 Å². The molecule has 37 heavy (non-hydrogen) atoms. The van der Waals surface area contributed by atoms with Crippen molar-refractivity contribution in [1.29, 1.82) is 0 Å².